The molecule has 4 atom stereocenters. The molecule has 2 rings (SSSR count). The molecule has 35 heavy (non-hydrogen) atoms. The van der Waals surface area contributed by atoms with E-state index >= 15 is 0 Å². The van der Waals surface area contributed by atoms with Crippen LogP contribution in [0.5, 0.6) is 0 Å². The van der Waals surface area contributed by atoms with E-state index < -0.39 is 24.1 Å². The summed E-state index contributed by atoms with van der Waals surface area (Å²) in [6, 6.07) is 12.1. The fraction of sp³-hybridized carbons (Fsp3) is 0.519. The van der Waals surface area contributed by atoms with Gasteiger partial charge in [-0.25, -0.2) is 0 Å². The Labute approximate surface area is 208 Å². The number of carbonyl (C=O) groups excluding carboxylic acids is 2. The summed E-state index contributed by atoms with van der Waals surface area (Å²) in [6.07, 6.45) is 2.62. The third kappa shape index (κ3) is 9.76. The van der Waals surface area contributed by atoms with Crippen molar-refractivity contribution in [2.24, 2.45) is 23.5 Å². The second-order valence-electron chi connectivity index (χ2n) is 9.63. The number of benzene rings is 1. The molecule has 192 valence electrons. The van der Waals surface area contributed by atoms with Crippen LogP contribution in [0.2, 0.25) is 0 Å². The highest BCUT2D eigenvalue weighted by atomic mass is 16.5. The minimum absolute atomic E-state index is 0.0478. The molecular weight excluding hydrogens is 444 g/mol. The summed E-state index contributed by atoms with van der Waals surface area (Å²) in [7, 11) is 0. The van der Waals surface area contributed by atoms with Crippen molar-refractivity contribution in [3.63, 3.8) is 0 Å². The average Bonchev–Trinajstić information content (AvgIpc) is 2.84. The van der Waals surface area contributed by atoms with E-state index in [1.54, 1.807) is 18.5 Å². The van der Waals surface area contributed by atoms with Crippen molar-refractivity contribution < 1.29 is 19.4 Å². The normalized spacial score (nSPS) is 14.9. The molecule has 0 aliphatic heterocycles. The molecule has 0 aliphatic rings. The SMILES string of the molecule is CC(C)C(CC(O)C(N)COCc1ccccc1)C(=O)NC(C(=O)NCc1cccnc1)C(C)C. The topological polar surface area (TPSA) is 127 Å². The number of rotatable bonds is 14. The lowest BCUT2D eigenvalue weighted by molar-refractivity contribution is -0.134. The molecule has 5 N–H and O–H groups in total. The largest absolute Gasteiger partial charge is 0.391 e. The van der Waals surface area contributed by atoms with E-state index in [1.807, 2.05) is 64.1 Å². The van der Waals surface area contributed by atoms with Crippen LogP contribution < -0.4 is 16.4 Å². The van der Waals surface area contributed by atoms with Gasteiger partial charge in [0.15, 0.2) is 0 Å². The van der Waals surface area contributed by atoms with Crippen LogP contribution >= 0.6 is 0 Å². The number of ether oxygens (including phenoxy) is 1. The minimum atomic E-state index is -0.916. The van der Waals surface area contributed by atoms with Crippen molar-refractivity contribution in [1.29, 1.82) is 0 Å². The van der Waals surface area contributed by atoms with E-state index in [0.29, 0.717) is 13.2 Å². The Morgan fingerprint density at radius 1 is 1.00 bits per heavy atom. The molecule has 2 aromatic rings. The molecule has 2 amide bonds. The van der Waals surface area contributed by atoms with Gasteiger partial charge >= 0.3 is 0 Å². The Kier molecular flexibility index (Phi) is 11.8. The number of amides is 2. The minimum Gasteiger partial charge on any atom is -0.391 e. The number of nitrogens with one attached hydrogen (secondary N) is 2. The molecule has 1 aromatic carbocycles. The summed E-state index contributed by atoms with van der Waals surface area (Å²) in [5, 5.41) is 16.4. The van der Waals surface area contributed by atoms with Crippen LogP contribution in [-0.2, 0) is 27.5 Å². The van der Waals surface area contributed by atoms with Crippen LogP contribution in [0.15, 0.2) is 54.9 Å². The number of nitrogens with two attached hydrogens (primary N) is 1. The summed E-state index contributed by atoms with van der Waals surface area (Å²) in [6.45, 7) is 8.51. The first-order chi connectivity index (χ1) is 16.7. The number of carbonyl (C=O) groups is 2. The number of hydrogen-bond donors (Lipinski definition) is 4. The smallest absolute Gasteiger partial charge is 0.243 e. The van der Waals surface area contributed by atoms with Gasteiger partial charge in [-0.2, -0.15) is 0 Å². The van der Waals surface area contributed by atoms with E-state index in [0.717, 1.165) is 11.1 Å². The fourth-order valence-electron chi connectivity index (χ4n) is 3.71. The highest BCUT2D eigenvalue weighted by molar-refractivity contribution is 5.88. The van der Waals surface area contributed by atoms with Crippen molar-refractivity contribution in [3.05, 3.63) is 66.0 Å². The highest BCUT2D eigenvalue weighted by Gasteiger charge is 2.32. The number of aliphatic hydroxyl groups excluding tert-OH is 1. The standard InChI is InChI=1S/C27H40N4O4/c1-18(2)22(13-24(32)23(28)17-35-16-20-9-6-5-7-10-20)26(33)31-25(19(3)4)27(34)30-15-21-11-8-12-29-14-21/h5-12,14,18-19,22-25,32H,13,15-17,28H2,1-4H3,(H,30,34)(H,31,33). The Hall–Kier alpha value is -2.81. The maximum absolute atomic E-state index is 13.2. The fourth-order valence-corrected chi connectivity index (χ4v) is 3.71. The molecule has 4 unspecified atom stereocenters. The predicted molar refractivity (Wildman–Crippen MR) is 136 cm³/mol. The Morgan fingerprint density at radius 2 is 1.69 bits per heavy atom. The number of aromatic nitrogens is 1. The van der Waals surface area contributed by atoms with E-state index in [-0.39, 0.29) is 36.7 Å². The van der Waals surface area contributed by atoms with E-state index in [2.05, 4.69) is 15.6 Å². The maximum atomic E-state index is 13.2. The monoisotopic (exact) mass is 484 g/mol. The van der Waals surface area contributed by atoms with Gasteiger partial charge in [-0.05, 0) is 35.4 Å². The number of pyridine rings is 1. The van der Waals surface area contributed by atoms with Crippen LogP contribution in [0.1, 0.15) is 45.2 Å². The van der Waals surface area contributed by atoms with Crippen molar-refractivity contribution in [1.82, 2.24) is 15.6 Å². The van der Waals surface area contributed by atoms with Gasteiger partial charge in [0, 0.05) is 24.9 Å². The van der Waals surface area contributed by atoms with Crippen LogP contribution in [0.25, 0.3) is 0 Å². The maximum Gasteiger partial charge on any atom is 0.243 e. The third-order valence-electron chi connectivity index (χ3n) is 5.99. The van der Waals surface area contributed by atoms with Gasteiger partial charge in [0.2, 0.25) is 11.8 Å². The molecule has 0 radical (unpaired) electrons. The first-order valence-corrected chi connectivity index (χ1v) is 12.2. The van der Waals surface area contributed by atoms with Gasteiger partial charge in [0.05, 0.1) is 25.4 Å². The number of aliphatic hydroxyl groups is 1. The Morgan fingerprint density at radius 3 is 2.29 bits per heavy atom. The third-order valence-corrected chi connectivity index (χ3v) is 5.99. The zero-order chi connectivity index (χ0) is 25.8. The molecule has 0 saturated heterocycles. The molecule has 0 saturated carbocycles. The summed E-state index contributed by atoms with van der Waals surface area (Å²) in [4.78, 5) is 30.0. The van der Waals surface area contributed by atoms with Gasteiger partial charge in [-0.15, -0.1) is 0 Å². The second-order valence-corrected chi connectivity index (χ2v) is 9.63. The lowest BCUT2D eigenvalue weighted by Crippen LogP contribution is -2.52. The Balaban J connectivity index is 1.90. The molecule has 1 heterocycles. The van der Waals surface area contributed by atoms with Crippen molar-refractivity contribution >= 4 is 11.8 Å². The summed E-state index contributed by atoms with van der Waals surface area (Å²) >= 11 is 0. The first-order valence-electron chi connectivity index (χ1n) is 12.2. The van der Waals surface area contributed by atoms with Gasteiger partial charge in [0.1, 0.15) is 6.04 Å². The first kappa shape index (κ1) is 28.4. The van der Waals surface area contributed by atoms with E-state index in [4.69, 9.17) is 10.5 Å². The second kappa shape index (κ2) is 14.6. The van der Waals surface area contributed by atoms with Crippen molar-refractivity contribution in [2.75, 3.05) is 6.61 Å². The predicted octanol–water partition coefficient (Wildman–Crippen LogP) is 2.41. The highest BCUT2D eigenvalue weighted by Crippen LogP contribution is 2.20. The lowest BCUT2D eigenvalue weighted by Gasteiger charge is -2.29. The van der Waals surface area contributed by atoms with Crippen LogP contribution in [-0.4, -0.2) is 46.7 Å². The van der Waals surface area contributed by atoms with E-state index in [9.17, 15) is 14.7 Å². The average molecular weight is 485 g/mol. The molecule has 1 aromatic heterocycles. The van der Waals surface area contributed by atoms with E-state index in [1.165, 1.54) is 0 Å². The van der Waals surface area contributed by atoms with Crippen LogP contribution in [0.3, 0.4) is 0 Å². The quantitative estimate of drug-likeness (QED) is 0.326. The molecular formula is C27H40N4O4. The lowest BCUT2D eigenvalue weighted by atomic mass is 9.87. The molecule has 0 spiro atoms. The van der Waals surface area contributed by atoms with Crippen LogP contribution in [0, 0.1) is 17.8 Å². The summed E-state index contributed by atoms with van der Waals surface area (Å²) in [5.41, 5.74) is 8.05. The van der Waals surface area contributed by atoms with Gasteiger partial charge in [-0.3, -0.25) is 14.6 Å². The van der Waals surface area contributed by atoms with Gasteiger partial charge < -0.3 is 26.2 Å². The van der Waals surface area contributed by atoms with Gasteiger partial charge in [-0.1, -0.05) is 64.1 Å². The molecule has 0 fully saturated rings. The van der Waals surface area contributed by atoms with Crippen molar-refractivity contribution in [3.8, 4) is 0 Å². The number of hydrogen-bond acceptors (Lipinski definition) is 6. The summed E-state index contributed by atoms with van der Waals surface area (Å²) < 4.78 is 5.65. The molecule has 0 aliphatic carbocycles. The molecule has 0 bridgehead atoms. The van der Waals surface area contributed by atoms with Crippen molar-refractivity contribution in [2.45, 2.75) is 65.5 Å². The molecule has 8 nitrogen and oxygen atoms in total. The summed E-state index contributed by atoms with van der Waals surface area (Å²) in [5.74, 6) is -1.19. The van der Waals surface area contributed by atoms with Gasteiger partial charge in [0.25, 0.3) is 0 Å². The zero-order valence-electron chi connectivity index (χ0n) is 21.2. The molecule has 8 heteroatoms. The Bertz CT molecular complexity index is 893. The number of nitrogens with zero attached hydrogens (tertiary/aromatic N) is 1. The zero-order valence-corrected chi connectivity index (χ0v) is 21.2. The van der Waals surface area contributed by atoms with Crippen LogP contribution in [0.4, 0.5) is 0 Å².